The van der Waals surface area contributed by atoms with Crippen LogP contribution in [0.25, 0.3) is 0 Å². The lowest BCUT2D eigenvalue weighted by atomic mass is 10.3. The van der Waals surface area contributed by atoms with Gasteiger partial charge in [-0.1, -0.05) is 6.07 Å². The lowest BCUT2D eigenvalue weighted by Gasteiger charge is -2.08. The molecule has 0 aromatic heterocycles. The first-order valence-electron chi connectivity index (χ1n) is 5.47. The number of hydrogen-bond acceptors (Lipinski definition) is 2. The Bertz CT molecular complexity index is 541. The Morgan fingerprint density at radius 3 is 2.83 bits per heavy atom. The second-order valence-corrected chi connectivity index (χ2v) is 3.48. The number of rotatable bonds is 4. The van der Waals surface area contributed by atoms with Gasteiger partial charge in [0, 0.05) is 12.1 Å². The molecule has 0 saturated heterocycles. The standard InChI is InChI=1S/C14H11F2O2/c1-2-17-10-5-3-6-11(9-10)18-13-8-4-7-12(15)14(13)16/h3-4,6-9H,2H2,1H3. The van der Waals surface area contributed by atoms with Crippen molar-refractivity contribution < 1.29 is 18.3 Å². The maximum absolute atomic E-state index is 13.4. The Balaban J connectivity index is 2.23. The average molecular weight is 249 g/mol. The molecule has 0 aliphatic rings. The van der Waals surface area contributed by atoms with E-state index in [4.69, 9.17) is 9.47 Å². The van der Waals surface area contributed by atoms with E-state index in [1.807, 2.05) is 6.92 Å². The fourth-order valence-electron chi connectivity index (χ4n) is 1.42. The molecule has 2 aromatic carbocycles. The zero-order valence-corrected chi connectivity index (χ0v) is 9.74. The smallest absolute Gasteiger partial charge is 0.201 e. The van der Waals surface area contributed by atoms with Crippen LogP contribution in [0.2, 0.25) is 0 Å². The summed E-state index contributed by atoms with van der Waals surface area (Å²) in [6.07, 6.45) is 0. The van der Waals surface area contributed by atoms with Gasteiger partial charge in [0.05, 0.1) is 6.61 Å². The highest BCUT2D eigenvalue weighted by Crippen LogP contribution is 2.27. The van der Waals surface area contributed by atoms with Gasteiger partial charge in [0.25, 0.3) is 0 Å². The van der Waals surface area contributed by atoms with Crippen LogP contribution in [-0.2, 0) is 0 Å². The third-order valence-corrected chi connectivity index (χ3v) is 2.19. The fraction of sp³-hybridized carbons (Fsp3) is 0.143. The predicted octanol–water partition coefficient (Wildman–Crippen LogP) is 3.96. The largest absolute Gasteiger partial charge is 0.493 e. The van der Waals surface area contributed by atoms with E-state index in [9.17, 15) is 8.78 Å². The zero-order valence-electron chi connectivity index (χ0n) is 9.74. The summed E-state index contributed by atoms with van der Waals surface area (Å²) in [5.74, 6) is -1.26. The third kappa shape index (κ3) is 2.77. The summed E-state index contributed by atoms with van der Waals surface area (Å²) < 4.78 is 36.9. The SMILES string of the molecule is CCOc1[c]ccc(Oc2cccc(F)c2F)c1. The van der Waals surface area contributed by atoms with Gasteiger partial charge in [-0.05, 0) is 31.2 Å². The Hall–Kier alpha value is -2.10. The summed E-state index contributed by atoms with van der Waals surface area (Å²) in [5, 5.41) is 0. The molecule has 0 atom stereocenters. The van der Waals surface area contributed by atoms with Gasteiger partial charge in [-0.25, -0.2) is 4.39 Å². The van der Waals surface area contributed by atoms with Gasteiger partial charge in [-0.3, -0.25) is 0 Å². The molecule has 2 nitrogen and oxygen atoms in total. The monoisotopic (exact) mass is 249 g/mol. The van der Waals surface area contributed by atoms with Crippen molar-refractivity contribution in [3.8, 4) is 17.2 Å². The molecule has 0 saturated carbocycles. The van der Waals surface area contributed by atoms with E-state index in [2.05, 4.69) is 6.07 Å². The van der Waals surface area contributed by atoms with Crippen LogP contribution in [0.1, 0.15) is 6.92 Å². The van der Waals surface area contributed by atoms with Crippen LogP contribution in [0.4, 0.5) is 8.78 Å². The van der Waals surface area contributed by atoms with Gasteiger partial charge in [0.2, 0.25) is 5.82 Å². The van der Waals surface area contributed by atoms with Crippen molar-refractivity contribution in [2.45, 2.75) is 6.92 Å². The Morgan fingerprint density at radius 2 is 2.06 bits per heavy atom. The van der Waals surface area contributed by atoms with Crippen molar-refractivity contribution in [3.63, 3.8) is 0 Å². The van der Waals surface area contributed by atoms with Crippen molar-refractivity contribution in [1.82, 2.24) is 0 Å². The molecule has 0 heterocycles. The van der Waals surface area contributed by atoms with E-state index in [1.165, 1.54) is 12.1 Å². The quantitative estimate of drug-likeness (QED) is 0.816. The first kappa shape index (κ1) is 12.4. The molecule has 0 unspecified atom stereocenters. The second-order valence-electron chi connectivity index (χ2n) is 3.48. The summed E-state index contributed by atoms with van der Waals surface area (Å²) in [4.78, 5) is 0. The lowest BCUT2D eigenvalue weighted by molar-refractivity contribution is 0.336. The van der Waals surface area contributed by atoms with Gasteiger partial charge >= 0.3 is 0 Å². The van der Waals surface area contributed by atoms with E-state index >= 15 is 0 Å². The van der Waals surface area contributed by atoms with Crippen LogP contribution >= 0.6 is 0 Å². The molecule has 1 radical (unpaired) electrons. The lowest BCUT2D eigenvalue weighted by Crippen LogP contribution is -1.94. The number of benzene rings is 2. The van der Waals surface area contributed by atoms with Gasteiger partial charge in [-0.15, -0.1) is 0 Å². The number of halogens is 2. The highest BCUT2D eigenvalue weighted by Gasteiger charge is 2.09. The molecule has 0 N–H and O–H groups in total. The van der Waals surface area contributed by atoms with Crippen LogP contribution in [0.5, 0.6) is 17.2 Å². The van der Waals surface area contributed by atoms with Gasteiger partial charge in [0.1, 0.15) is 11.5 Å². The van der Waals surface area contributed by atoms with E-state index in [-0.39, 0.29) is 5.75 Å². The normalized spacial score (nSPS) is 10.2. The molecule has 93 valence electrons. The van der Waals surface area contributed by atoms with Crippen molar-refractivity contribution in [2.24, 2.45) is 0 Å². The second kappa shape index (κ2) is 5.49. The summed E-state index contributed by atoms with van der Waals surface area (Å²) >= 11 is 0. The van der Waals surface area contributed by atoms with Crippen LogP contribution < -0.4 is 9.47 Å². The van der Waals surface area contributed by atoms with Gasteiger partial charge < -0.3 is 9.47 Å². The minimum atomic E-state index is -1.01. The molecule has 0 spiro atoms. The Kier molecular flexibility index (Phi) is 3.77. The molecule has 4 heteroatoms. The molecule has 18 heavy (non-hydrogen) atoms. The summed E-state index contributed by atoms with van der Waals surface area (Å²) in [7, 11) is 0. The molecule has 0 aliphatic carbocycles. The molecular weight excluding hydrogens is 238 g/mol. The van der Waals surface area contributed by atoms with Crippen LogP contribution in [-0.4, -0.2) is 6.61 Å². The van der Waals surface area contributed by atoms with Crippen molar-refractivity contribution in [3.05, 3.63) is 54.1 Å². The first-order chi connectivity index (χ1) is 8.70. The van der Waals surface area contributed by atoms with E-state index < -0.39 is 11.6 Å². The molecular formula is C14H11F2O2. The van der Waals surface area contributed by atoms with Crippen LogP contribution in [0, 0.1) is 17.7 Å². The van der Waals surface area contributed by atoms with Crippen LogP contribution in [0.15, 0.2) is 36.4 Å². The maximum Gasteiger partial charge on any atom is 0.201 e. The highest BCUT2D eigenvalue weighted by molar-refractivity contribution is 5.36. The van der Waals surface area contributed by atoms with E-state index in [1.54, 1.807) is 18.2 Å². The summed E-state index contributed by atoms with van der Waals surface area (Å²) in [5.41, 5.74) is 0. The minimum Gasteiger partial charge on any atom is -0.493 e. The maximum atomic E-state index is 13.4. The molecule has 0 amide bonds. The molecule has 2 rings (SSSR count). The molecule has 0 aliphatic heterocycles. The summed E-state index contributed by atoms with van der Waals surface area (Å²) in [6, 6.07) is 11.4. The summed E-state index contributed by atoms with van der Waals surface area (Å²) in [6.45, 7) is 2.34. The van der Waals surface area contributed by atoms with Crippen molar-refractivity contribution >= 4 is 0 Å². The Morgan fingerprint density at radius 1 is 1.22 bits per heavy atom. The van der Waals surface area contributed by atoms with Crippen molar-refractivity contribution in [1.29, 1.82) is 0 Å². The van der Waals surface area contributed by atoms with Gasteiger partial charge in [0.15, 0.2) is 11.6 Å². The third-order valence-electron chi connectivity index (χ3n) is 2.19. The molecule has 2 aromatic rings. The van der Waals surface area contributed by atoms with Gasteiger partial charge in [-0.2, -0.15) is 4.39 Å². The topological polar surface area (TPSA) is 18.5 Å². The molecule has 0 bridgehead atoms. The Labute approximate surface area is 104 Å². The minimum absolute atomic E-state index is 0.163. The average Bonchev–Trinajstić information content (AvgIpc) is 2.36. The fourth-order valence-corrected chi connectivity index (χ4v) is 1.42. The molecule has 0 fully saturated rings. The predicted molar refractivity (Wildman–Crippen MR) is 62.9 cm³/mol. The highest BCUT2D eigenvalue weighted by atomic mass is 19.2. The van der Waals surface area contributed by atoms with Crippen LogP contribution in [0.3, 0.4) is 0 Å². The first-order valence-corrected chi connectivity index (χ1v) is 5.47. The number of ether oxygens (including phenoxy) is 2. The van der Waals surface area contributed by atoms with Crippen molar-refractivity contribution in [2.75, 3.05) is 6.61 Å². The van der Waals surface area contributed by atoms with E-state index in [0.717, 1.165) is 6.07 Å². The van der Waals surface area contributed by atoms with E-state index in [0.29, 0.717) is 18.1 Å². The number of hydrogen-bond donors (Lipinski definition) is 0. The zero-order chi connectivity index (χ0) is 13.0.